The van der Waals surface area contributed by atoms with Crippen molar-refractivity contribution in [1.29, 1.82) is 0 Å². The molecule has 22 heavy (non-hydrogen) atoms. The van der Waals surface area contributed by atoms with Crippen LogP contribution in [-0.2, 0) is 16.1 Å². The van der Waals surface area contributed by atoms with Crippen LogP contribution in [0.2, 0.25) is 0 Å². The number of carbonyl (C=O) groups excluding carboxylic acids is 2. The van der Waals surface area contributed by atoms with Crippen LogP contribution in [0.5, 0.6) is 0 Å². The van der Waals surface area contributed by atoms with Gasteiger partial charge in [0.1, 0.15) is 0 Å². The van der Waals surface area contributed by atoms with Gasteiger partial charge in [-0.1, -0.05) is 19.1 Å². The van der Waals surface area contributed by atoms with Gasteiger partial charge in [0.15, 0.2) is 0 Å². The third kappa shape index (κ3) is 4.71. The summed E-state index contributed by atoms with van der Waals surface area (Å²) in [6.45, 7) is 3.88. The zero-order chi connectivity index (χ0) is 15.2. The smallest absolute Gasteiger partial charge is 0.227 e. The van der Waals surface area contributed by atoms with E-state index in [0.29, 0.717) is 19.5 Å². The van der Waals surface area contributed by atoms with Crippen LogP contribution >= 0.6 is 12.4 Å². The SMILES string of the molecule is CNCC(C)C(=O)NCc1ccc(N2CCCC2=O)cc1.Cl. The first-order chi connectivity index (χ1) is 10.1. The van der Waals surface area contributed by atoms with Crippen molar-refractivity contribution in [2.24, 2.45) is 5.92 Å². The Morgan fingerprint density at radius 1 is 1.32 bits per heavy atom. The number of anilines is 1. The van der Waals surface area contributed by atoms with Crippen LogP contribution in [0.1, 0.15) is 25.3 Å². The van der Waals surface area contributed by atoms with E-state index in [2.05, 4.69) is 10.6 Å². The Kier molecular flexibility index (Phi) is 7.35. The van der Waals surface area contributed by atoms with Gasteiger partial charge in [0.25, 0.3) is 0 Å². The highest BCUT2D eigenvalue weighted by atomic mass is 35.5. The maximum Gasteiger partial charge on any atom is 0.227 e. The van der Waals surface area contributed by atoms with Crippen LogP contribution in [0.3, 0.4) is 0 Å². The topological polar surface area (TPSA) is 61.4 Å². The van der Waals surface area contributed by atoms with Gasteiger partial charge in [0.2, 0.25) is 11.8 Å². The normalized spacial score (nSPS) is 15.4. The van der Waals surface area contributed by atoms with Gasteiger partial charge in [-0.25, -0.2) is 0 Å². The number of carbonyl (C=O) groups is 2. The highest BCUT2D eigenvalue weighted by Gasteiger charge is 2.21. The van der Waals surface area contributed by atoms with Crippen molar-refractivity contribution in [3.8, 4) is 0 Å². The van der Waals surface area contributed by atoms with E-state index in [1.165, 1.54) is 0 Å². The summed E-state index contributed by atoms with van der Waals surface area (Å²) in [7, 11) is 1.84. The van der Waals surface area contributed by atoms with Crippen molar-refractivity contribution >= 4 is 29.9 Å². The summed E-state index contributed by atoms with van der Waals surface area (Å²) in [6, 6.07) is 7.82. The molecule has 0 saturated carbocycles. The molecule has 1 fully saturated rings. The Labute approximate surface area is 137 Å². The molecule has 1 heterocycles. The number of hydrogen-bond acceptors (Lipinski definition) is 3. The molecule has 0 bridgehead atoms. The van der Waals surface area contributed by atoms with Gasteiger partial charge >= 0.3 is 0 Å². The van der Waals surface area contributed by atoms with Crippen molar-refractivity contribution in [3.63, 3.8) is 0 Å². The molecule has 1 atom stereocenters. The molecule has 1 aromatic carbocycles. The summed E-state index contributed by atoms with van der Waals surface area (Å²) in [5.74, 6) is 0.191. The van der Waals surface area contributed by atoms with Crippen LogP contribution in [0, 0.1) is 5.92 Å². The fourth-order valence-electron chi connectivity index (χ4n) is 2.48. The van der Waals surface area contributed by atoms with E-state index in [1.807, 2.05) is 43.1 Å². The summed E-state index contributed by atoms with van der Waals surface area (Å²) in [4.78, 5) is 25.3. The summed E-state index contributed by atoms with van der Waals surface area (Å²) in [5.41, 5.74) is 1.98. The molecule has 0 spiro atoms. The Balaban J connectivity index is 0.00000242. The lowest BCUT2D eigenvalue weighted by atomic mass is 10.1. The number of halogens is 1. The average Bonchev–Trinajstić information content (AvgIpc) is 2.91. The van der Waals surface area contributed by atoms with Gasteiger partial charge in [-0.15, -0.1) is 12.4 Å². The van der Waals surface area contributed by atoms with Crippen LogP contribution in [0.25, 0.3) is 0 Å². The lowest BCUT2D eigenvalue weighted by Crippen LogP contribution is -2.33. The van der Waals surface area contributed by atoms with Crippen LogP contribution in [-0.4, -0.2) is 32.0 Å². The lowest BCUT2D eigenvalue weighted by molar-refractivity contribution is -0.124. The second-order valence-electron chi connectivity index (χ2n) is 5.49. The van der Waals surface area contributed by atoms with Crippen molar-refractivity contribution in [3.05, 3.63) is 29.8 Å². The van der Waals surface area contributed by atoms with E-state index in [1.54, 1.807) is 0 Å². The molecule has 1 saturated heterocycles. The predicted molar refractivity (Wildman–Crippen MR) is 90.2 cm³/mol. The minimum absolute atomic E-state index is 0. The van der Waals surface area contributed by atoms with Crippen LogP contribution in [0.4, 0.5) is 5.69 Å². The standard InChI is InChI=1S/C16H23N3O2.ClH/c1-12(10-17-2)16(21)18-11-13-5-7-14(8-6-13)19-9-3-4-15(19)20;/h5-8,12,17H,3-4,9-11H2,1-2H3,(H,18,21);1H. The monoisotopic (exact) mass is 325 g/mol. The molecule has 0 radical (unpaired) electrons. The zero-order valence-corrected chi connectivity index (χ0v) is 13.9. The van der Waals surface area contributed by atoms with E-state index in [-0.39, 0.29) is 30.1 Å². The first-order valence-electron chi connectivity index (χ1n) is 7.43. The molecular weight excluding hydrogens is 302 g/mol. The van der Waals surface area contributed by atoms with Crippen LogP contribution < -0.4 is 15.5 Å². The Hall–Kier alpha value is -1.59. The van der Waals surface area contributed by atoms with Gasteiger partial charge in [-0.05, 0) is 31.2 Å². The van der Waals surface area contributed by atoms with Crippen molar-refractivity contribution in [2.75, 3.05) is 25.0 Å². The molecule has 2 amide bonds. The number of benzene rings is 1. The molecule has 1 aromatic rings. The van der Waals surface area contributed by atoms with E-state index in [9.17, 15) is 9.59 Å². The largest absolute Gasteiger partial charge is 0.352 e. The molecular formula is C16H24ClN3O2. The third-order valence-corrected chi connectivity index (χ3v) is 3.75. The van der Waals surface area contributed by atoms with Crippen molar-refractivity contribution in [2.45, 2.75) is 26.3 Å². The van der Waals surface area contributed by atoms with E-state index < -0.39 is 0 Å². The number of nitrogens with one attached hydrogen (secondary N) is 2. The van der Waals surface area contributed by atoms with E-state index >= 15 is 0 Å². The quantitative estimate of drug-likeness (QED) is 0.837. The maximum absolute atomic E-state index is 11.8. The molecule has 122 valence electrons. The fraction of sp³-hybridized carbons (Fsp3) is 0.500. The molecule has 6 heteroatoms. The lowest BCUT2D eigenvalue weighted by Gasteiger charge is -2.16. The second-order valence-corrected chi connectivity index (χ2v) is 5.49. The molecule has 0 aromatic heterocycles. The van der Waals surface area contributed by atoms with E-state index in [4.69, 9.17) is 0 Å². The zero-order valence-electron chi connectivity index (χ0n) is 13.1. The summed E-state index contributed by atoms with van der Waals surface area (Å²) in [5, 5.41) is 5.91. The maximum atomic E-state index is 11.8. The Morgan fingerprint density at radius 3 is 2.55 bits per heavy atom. The minimum atomic E-state index is -0.0449. The van der Waals surface area contributed by atoms with Crippen LogP contribution in [0.15, 0.2) is 24.3 Å². The molecule has 1 unspecified atom stereocenters. The predicted octanol–water partition coefficient (Wildman–Crippen LogP) is 1.71. The molecule has 2 rings (SSSR count). The Morgan fingerprint density at radius 2 is 2.00 bits per heavy atom. The molecule has 2 N–H and O–H groups in total. The number of hydrogen-bond donors (Lipinski definition) is 2. The van der Waals surface area contributed by atoms with Gasteiger partial charge in [-0.3, -0.25) is 9.59 Å². The third-order valence-electron chi connectivity index (χ3n) is 3.75. The van der Waals surface area contributed by atoms with Crippen molar-refractivity contribution in [1.82, 2.24) is 10.6 Å². The average molecular weight is 326 g/mol. The minimum Gasteiger partial charge on any atom is -0.352 e. The molecule has 1 aliphatic rings. The first kappa shape index (κ1) is 18.5. The molecule has 0 aliphatic carbocycles. The summed E-state index contributed by atoms with van der Waals surface area (Å²) in [6.07, 6.45) is 1.57. The fourth-order valence-corrected chi connectivity index (χ4v) is 2.48. The Bertz CT molecular complexity index is 505. The number of nitrogens with zero attached hydrogens (tertiary/aromatic N) is 1. The highest BCUT2D eigenvalue weighted by molar-refractivity contribution is 5.95. The molecule has 5 nitrogen and oxygen atoms in total. The number of rotatable bonds is 6. The summed E-state index contributed by atoms with van der Waals surface area (Å²) < 4.78 is 0. The second kappa shape index (κ2) is 8.76. The van der Waals surface area contributed by atoms with Gasteiger partial charge < -0.3 is 15.5 Å². The van der Waals surface area contributed by atoms with Crippen molar-refractivity contribution < 1.29 is 9.59 Å². The highest BCUT2D eigenvalue weighted by Crippen LogP contribution is 2.21. The number of amides is 2. The first-order valence-corrected chi connectivity index (χ1v) is 7.43. The molecule has 1 aliphatic heterocycles. The van der Waals surface area contributed by atoms with Gasteiger partial charge in [0.05, 0.1) is 0 Å². The van der Waals surface area contributed by atoms with Gasteiger partial charge in [0, 0.05) is 37.7 Å². The van der Waals surface area contributed by atoms with E-state index in [0.717, 1.165) is 24.2 Å². The van der Waals surface area contributed by atoms with Gasteiger partial charge in [-0.2, -0.15) is 0 Å². The summed E-state index contributed by atoms with van der Waals surface area (Å²) >= 11 is 0.